The van der Waals surface area contributed by atoms with Gasteiger partial charge in [0.05, 0.1) is 7.11 Å². The van der Waals surface area contributed by atoms with Gasteiger partial charge in [0.15, 0.2) is 0 Å². The smallest absolute Gasteiger partial charge is 0.323 e. The monoisotopic (exact) mass is 251 g/mol. The summed E-state index contributed by atoms with van der Waals surface area (Å²) in [7, 11) is 1.38. The summed E-state index contributed by atoms with van der Waals surface area (Å²) in [6, 6.07) is 5.04. The second kappa shape index (κ2) is 6.40. The molecule has 2 N–H and O–H groups in total. The average molecular weight is 251 g/mol. The van der Waals surface area contributed by atoms with E-state index in [4.69, 9.17) is 4.74 Å². The molecule has 0 saturated carbocycles. The highest BCUT2D eigenvalue weighted by molar-refractivity contribution is 5.75. The molecule has 1 aromatic rings. The van der Waals surface area contributed by atoms with Gasteiger partial charge in [0.2, 0.25) is 0 Å². The molecule has 0 aromatic heterocycles. The Bertz CT molecular complexity index is 416. The van der Waals surface area contributed by atoms with Gasteiger partial charge >= 0.3 is 5.97 Å². The van der Waals surface area contributed by atoms with Crippen molar-refractivity contribution in [1.82, 2.24) is 5.32 Å². The lowest BCUT2D eigenvalue weighted by Crippen LogP contribution is -2.41. The second-order valence-corrected chi connectivity index (χ2v) is 4.76. The Morgan fingerprint density at radius 2 is 2.11 bits per heavy atom. The summed E-state index contributed by atoms with van der Waals surface area (Å²) in [5.74, 6) is 0.0852. The van der Waals surface area contributed by atoms with Crippen LogP contribution in [0.25, 0.3) is 0 Å². The fourth-order valence-electron chi connectivity index (χ4n) is 1.79. The number of esters is 1. The van der Waals surface area contributed by atoms with Crippen LogP contribution in [-0.2, 0) is 16.1 Å². The van der Waals surface area contributed by atoms with Crippen molar-refractivity contribution in [3.8, 4) is 5.75 Å². The minimum absolute atomic E-state index is 0.129. The van der Waals surface area contributed by atoms with Crippen molar-refractivity contribution in [1.29, 1.82) is 0 Å². The van der Waals surface area contributed by atoms with E-state index in [1.807, 2.05) is 32.9 Å². The first-order chi connectivity index (χ1) is 8.45. The molecular weight excluding hydrogens is 230 g/mol. The summed E-state index contributed by atoms with van der Waals surface area (Å²) in [4.78, 5) is 11.6. The summed E-state index contributed by atoms with van der Waals surface area (Å²) < 4.78 is 4.75. The van der Waals surface area contributed by atoms with E-state index in [1.165, 1.54) is 7.11 Å². The minimum Gasteiger partial charge on any atom is -0.508 e. The number of rotatable bonds is 5. The summed E-state index contributed by atoms with van der Waals surface area (Å²) in [5.41, 5.74) is 1.85. The van der Waals surface area contributed by atoms with Crippen molar-refractivity contribution in [3.05, 3.63) is 29.3 Å². The van der Waals surface area contributed by atoms with Crippen molar-refractivity contribution in [2.45, 2.75) is 33.4 Å². The molecule has 1 rings (SSSR count). The molecule has 0 aliphatic rings. The SMILES string of the molecule is COC(=O)C(NCc1cc(C)ccc1O)C(C)C. The predicted molar refractivity (Wildman–Crippen MR) is 70.3 cm³/mol. The van der Waals surface area contributed by atoms with Crippen LogP contribution in [0.3, 0.4) is 0 Å². The van der Waals surface area contributed by atoms with Crippen LogP contribution in [0.15, 0.2) is 18.2 Å². The number of ether oxygens (including phenoxy) is 1. The van der Waals surface area contributed by atoms with E-state index < -0.39 is 0 Å². The first-order valence-corrected chi connectivity index (χ1v) is 6.05. The fraction of sp³-hybridized carbons (Fsp3) is 0.500. The molecule has 1 aromatic carbocycles. The highest BCUT2D eigenvalue weighted by atomic mass is 16.5. The van der Waals surface area contributed by atoms with E-state index in [0.29, 0.717) is 6.54 Å². The van der Waals surface area contributed by atoms with Crippen molar-refractivity contribution < 1.29 is 14.6 Å². The second-order valence-electron chi connectivity index (χ2n) is 4.76. The van der Waals surface area contributed by atoms with E-state index >= 15 is 0 Å². The van der Waals surface area contributed by atoms with E-state index in [0.717, 1.165) is 11.1 Å². The third-order valence-corrected chi connectivity index (χ3v) is 2.87. The summed E-state index contributed by atoms with van der Waals surface area (Å²) in [5, 5.41) is 12.8. The number of nitrogens with one attached hydrogen (secondary N) is 1. The molecule has 0 amide bonds. The van der Waals surface area contributed by atoms with Gasteiger partial charge in [-0.3, -0.25) is 10.1 Å². The predicted octanol–water partition coefficient (Wildman–Crippen LogP) is 1.99. The Labute approximate surface area is 108 Å². The van der Waals surface area contributed by atoms with Crippen LogP contribution in [0.1, 0.15) is 25.0 Å². The first kappa shape index (κ1) is 14.5. The lowest BCUT2D eigenvalue weighted by Gasteiger charge is -2.20. The topological polar surface area (TPSA) is 58.6 Å². The van der Waals surface area contributed by atoms with E-state index in [9.17, 15) is 9.90 Å². The molecular formula is C14H21NO3. The average Bonchev–Trinajstić information content (AvgIpc) is 2.32. The third-order valence-electron chi connectivity index (χ3n) is 2.87. The number of methoxy groups -OCH3 is 1. The zero-order valence-corrected chi connectivity index (χ0v) is 11.4. The molecule has 1 unspecified atom stereocenters. The molecule has 18 heavy (non-hydrogen) atoms. The largest absolute Gasteiger partial charge is 0.508 e. The van der Waals surface area contributed by atoms with Gasteiger partial charge in [-0.05, 0) is 18.9 Å². The number of aryl methyl sites for hydroxylation is 1. The Hall–Kier alpha value is -1.55. The fourth-order valence-corrected chi connectivity index (χ4v) is 1.79. The number of phenolic OH excluding ortho intramolecular Hbond substituents is 1. The van der Waals surface area contributed by atoms with Crippen LogP contribution in [0.5, 0.6) is 5.75 Å². The standard InChI is InChI=1S/C14H21NO3/c1-9(2)13(14(17)18-4)15-8-11-7-10(3)5-6-12(11)16/h5-7,9,13,15-16H,8H2,1-4H3. The number of phenols is 1. The van der Waals surface area contributed by atoms with Crippen LogP contribution < -0.4 is 5.32 Å². The van der Waals surface area contributed by atoms with Crippen LogP contribution in [-0.4, -0.2) is 24.2 Å². The maximum Gasteiger partial charge on any atom is 0.323 e. The Kier molecular flexibility index (Phi) is 5.16. The summed E-state index contributed by atoms with van der Waals surface area (Å²) in [6.07, 6.45) is 0. The van der Waals surface area contributed by atoms with E-state index in [2.05, 4.69) is 5.32 Å². The lowest BCUT2D eigenvalue weighted by molar-refractivity contribution is -0.144. The van der Waals surface area contributed by atoms with Gasteiger partial charge in [-0.15, -0.1) is 0 Å². The number of benzene rings is 1. The van der Waals surface area contributed by atoms with Crippen molar-refractivity contribution in [3.63, 3.8) is 0 Å². The molecule has 0 heterocycles. The number of aromatic hydroxyl groups is 1. The molecule has 0 bridgehead atoms. The quantitative estimate of drug-likeness (QED) is 0.786. The molecule has 4 nitrogen and oxygen atoms in total. The van der Waals surface area contributed by atoms with Crippen LogP contribution in [0.4, 0.5) is 0 Å². The van der Waals surface area contributed by atoms with Crippen LogP contribution >= 0.6 is 0 Å². The van der Waals surface area contributed by atoms with Gasteiger partial charge in [0.25, 0.3) is 0 Å². The summed E-state index contributed by atoms with van der Waals surface area (Å²) in [6.45, 7) is 6.30. The first-order valence-electron chi connectivity index (χ1n) is 6.05. The molecule has 0 saturated heterocycles. The summed E-state index contributed by atoms with van der Waals surface area (Å²) >= 11 is 0. The maximum absolute atomic E-state index is 11.6. The number of hydrogen-bond donors (Lipinski definition) is 2. The minimum atomic E-state index is -0.366. The molecule has 1 atom stereocenters. The van der Waals surface area contributed by atoms with E-state index in [1.54, 1.807) is 6.07 Å². The third kappa shape index (κ3) is 3.74. The highest BCUT2D eigenvalue weighted by Crippen LogP contribution is 2.18. The van der Waals surface area contributed by atoms with E-state index in [-0.39, 0.29) is 23.7 Å². The van der Waals surface area contributed by atoms with Crippen LogP contribution in [0, 0.1) is 12.8 Å². The van der Waals surface area contributed by atoms with Crippen LogP contribution in [0.2, 0.25) is 0 Å². The maximum atomic E-state index is 11.6. The lowest BCUT2D eigenvalue weighted by atomic mass is 10.0. The molecule has 0 aliphatic carbocycles. The molecule has 0 radical (unpaired) electrons. The molecule has 4 heteroatoms. The Balaban J connectivity index is 2.73. The van der Waals surface area contributed by atoms with Crippen molar-refractivity contribution in [2.24, 2.45) is 5.92 Å². The van der Waals surface area contributed by atoms with Crippen molar-refractivity contribution in [2.75, 3.05) is 7.11 Å². The van der Waals surface area contributed by atoms with Gasteiger partial charge < -0.3 is 9.84 Å². The van der Waals surface area contributed by atoms with Gasteiger partial charge in [0.1, 0.15) is 11.8 Å². The van der Waals surface area contributed by atoms with Gasteiger partial charge in [0, 0.05) is 12.1 Å². The van der Waals surface area contributed by atoms with Gasteiger partial charge in [-0.1, -0.05) is 31.5 Å². The molecule has 0 fully saturated rings. The zero-order valence-electron chi connectivity index (χ0n) is 11.4. The molecule has 0 spiro atoms. The van der Waals surface area contributed by atoms with Crippen molar-refractivity contribution >= 4 is 5.97 Å². The number of hydrogen-bond acceptors (Lipinski definition) is 4. The zero-order chi connectivity index (χ0) is 13.7. The Morgan fingerprint density at radius 3 is 2.67 bits per heavy atom. The normalized spacial score (nSPS) is 12.5. The number of carbonyl (C=O) groups excluding carboxylic acids is 1. The highest BCUT2D eigenvalue weighted by Gasteiger charge is 2.22. The number of carbonyl (C=O) groups is 1. The molecule has 0 aliphatic heterocycles. The molecule has 100 valence electrons. The van der Waals surface area contributed by atoms with Gasteiger partial charge in [-0.25, -0.2) is 0 Å². The Morgan fingerprint density at radius 1 is 1.44 bits per heavy atom. The van der Waals surface area contributed by atoms with Gasteiger partial charge in [-0.2, -0.15) is 0 Å².